The van der Waals surface area contributed by atoms with E-state index in [1.165, 1.54) is 23.1 Å². The summed E-state index contributed by atoms with van der Waals surface area (Å²) < 4.78 is 27.0. The van der Waals surface area contributed by atoms with E-state index in [9.17, 15) is 23.6 Å². The summed E-state index contributed by atoms with van der Waals surface area (Å²) in [4.78, 5) is 33.7. The zero-order chi connectivity index (χ0) is 22.0. The summed E-state index contributed by atoms with van der Waals surface area (Å²) in [5, 5.41) is 11.7. The summed E-state index contributed by atoms with van der Waals surface area (Å²) in [6.07, 6.45) is 0. The molecule has 6 nitrogen and oxygen atoms in total. The standard InChI is InChI=1S/C20H18F2N4O2S2/c1-9-10(2)30-20-17(9)19(28)25-16(26-20)8-29-11(3)18(27)24-15(7-23)13-5-4-12(21)6-14(13)22/h4-6,11,15H,8H2,1-3H3,(H,24,27)(H,25,26,28). The minimum absolute atomic E-state index is 0.107. The van der Waals surface area contributed by atoms with E-state index in [0.29, 0.717) is 22.1 Å². The monoisotopic (exact) mass is 448 g/mol. The Morgan fingerprint density at radius 3 is 2.80 bits per heavy atom. The van der Waals surface area contributed by atoms with Gasteiger partial charge in [0.15, 0.2) is 0 Å². The van der Waals surface area contributed by atoms with Crippen LogP contribution in [-0.4, -0.2) is 21.1 Å². The number of benzene rings is 1. The highest BCUT2D eigenvalue weighted by Crippen LogP contribution is 2.27. The van der Waals surface area contributed by atoms with E-state index in [0.717, 1.165) is 22.6 Å². The van der Waals surface area contributed by atoms with Gasteiger partial charge in [0.2, 0.25) is 5.91 Å². The van der Waals surface area contributed by atoms with Crippen molar-refractivity contribution < 1.29 is 13.6 Å². The maximum absolute atomic E-state index is 13.9. The van der Waals surface area contributed by atoms with Gasteiger partial charge < -0.3 is 10.3 Å². The second-order valence-corrected chi connectivity index (χ2v) is 9.20. The summed E-state index contributed by atoms with van der Waals surface area (Å²) in [5.41, 5.74) is 0.585. The van der Waals surface area contributed by atoms with E-state index < -0.39 is 28.8 Å². The van der Waals surface area contributed by atoms with Crippen molar-refractivity contribution in [1.82, 2.24) is 15.3 Å². The molecule has 2 aromatic heterocycles. The lowest BCUT2D eigenvalue weighted by Gasteiger charge is -2.16. The van der Waals surface area contributed by atoms with Crippen LogP contribution in [0.1, 0.15) is 34.8 Å². The minimum atomic E-state index is -1.24. The number of H-pyrrole nitrogens is 1. The second-order valence-electron chi connectivity index (χ2n) is 6.67. The minimum Gasteiger partial charge on any atom is -0.336 e. The van der Waals surface area contributed by atoms with Gasteiger partial charge in [0.1, 0.15) is 28.3 Å². The molecule has 0 aliphatic heterocycles. The fraction of sp³-hybridized carbons (Fsp3) is 0.300. The number of fused-ring (bicyclic) bond motifs is 1. The quantitative estimate of drug-likeness (QED) is 0.596. The van der Waals surface area contributed by atoms with Gasteiger partial charge in [0.05, 0.1) is 22.5 Å². The molecule has 2 N–H and O–H groups in total. The van der Waals surface area contributed by atoms with Crippen LogP contribution in [0.3, 0.4) is 0 Å². The van der Waals surface area contributed by atoms with Gasteiger partial charge in [-0.2, -0.15) is 5.26 Å². The lowest BCUT2D eigenvalue weighted by atomic mass is 10.1. The number of aryl methyl sites for hydroxylation is 2. The van der Waals surface area contributed by atoms with Crippen molar-refractivity contribution in [2.24, 2.45) is 0 Å². The number of carbonyl (C=O) groups is 1. The number of nitrogens with one attached hydrogen (secondary N) is 2. The summed E-state index contributed by atoms with van der Waals surface area (Å²) in [6, 6.07) is 3.39. The molecule has 0 radical (unpaired) electrons. The number of nitrogens with zero attached hydrogens (tertiary/aromatic N) is 2. The summed E-state index contributed by atoms with van der Waals surface area (Å²) in [5.74, 6) is -1.43. The van der Waals surface area contributed by atoms with E-state index in [4.69, 9.17) is 0 Å². The first-order chi connectivity index (χ1) is 14.2. The smallest absolute Gasteiger partial charge is 0.259 e. The van der Waals surface area contributed by atoms with E-state index in [1.807, 2.05) is 19.9 Å². The molecular weight excluding hydrogens is 430 g/mol. The molecule has 0 spiro atoms. The van der Waals surface area contributed by atoms with Gasteiger partial charge in [0, 0.05) is 16.5 Å². The van der Waals surface area contributed by atoms with Gasteiger partial charge in [-0.3, -0.25) is 9.59 Å². The summed E-state index contributed by atoms with van der Waals surface area (Å²) >= 11 is 2.66. The molecular formula is C20H18F2N4O2S2. The maximum Gasteiger partial charge on any atom is 0.259 e. The molecule has 2 heterocycles. The Morgan fingerprint density at radius 2 is 2.13 bits per heavy atom. The van der Waals surface area contributed by atoms with Gasteiger partial charge in [-0.05, 0) is 32.4 Å². The largest absolute Gasteiger partial charge is 0.336 e. The third-order valence-corrected chi connectivity index (χ3v) is 6.87. The molecule has 0 aliphatic carbocycles. The van der Waals surface area contributed by atoms with Crippen LogP contribution in [0.15, 0.2) is 23.0 Å². The van der Waals surface area contributed by atoms with Crippen LogP contribution in [0.5, 0.6) is 0 Å². The Balaban J connectivity index is 1.68. The van der Waals surface area contributed by atoms with E-state index in [-0.39, 0.29) is 16.9 Å². The van der Waals surface area contributed by atoms with Crippen molar-refractivity contribution in [1.29, 1.82) is 5.26 Å². The number of thioether (sulfide) groups is 1. The number of aromatic nitrogens is 2. The Kier molecular flexibility index (Phi) is 6.53. The molecule has 30 heavy (non-hydrogen) atoms. The predicted molar refractivity (Wildman–Crippen MR) is 113 cm³/mol. The van der Waals surface area contributed by atoms with E-state index in [2.05, 4.69) is 15.3 Å². The van der Waals surface area contributed by atoms with Crippen LogP contribution < -0.4 is 10.9 Å². The van der Waals surface area contributed by atoms with Crippen molar-refractivity contribution in [2.75, 3.05) is 0 Å². The number of carbonyl (C=O) groups excluding carboxylic acids is 1. The first-order valence-corrected chi connectivity index (χ1v) is 10.8. The molecule has 0 fully saturated rings. The van der Waals surface area contributed by atoms with E-state index >= 15 is 0 Å². The highest BCUT2D eigenvalue weighted by atomic mass is 32.2. The van der Waals surface area contributed by atoms with Gasteiger partial charge in [0.25, 0.3) is 5.56 Å². The predicted octanol–water partition coefficient (Wildman–Crippen LogP) is 3.88. The van der Waals surface area contributed by atoms with E-state index in [1.54, 1.807) is 6.92 Å². The second kappa shape index (κ2) is 8.93. The lowest BCUT2D eigenvalue weighted by molar-refractivity contribution is -0.120. The molecule has 0 bridgehead atoms. The van der Waals surface area contributed by atoms with Gasteiger partial charge in [-0.1, -0.05) is 6.07 Å². The van der Waals surface area contributed by atoms with Crippen molar-refractivity contribution >= 4 is 39.2 Å². The topological polar surface area (TPSA) is 98.6 Å². The van der Waals surface area contributed by atoms with Crippen LogP contribution in [0, 0.1) is 36.8 Å². The fourth-order valence-corrected chi connectivity index (χ4v) is 4.63. The number of aromatic amines is 1. The molecule has 1 amide bonds. The Bertz CT molecular complexity index is 1220. The lowest BCUT2D eigenvalue weighted by Crippen LogP contribution is -2.34. The Morgan fingerprint density at radius 1 is 1.40 bits per heavy atom. The molecule has 1 aromatic carbocycles. The fourth-order valence-electron chi connectivity index (χ4n) is 2.82. The molecule has 2 atom stereocenters. The molecule has 0 saturated carbocycles. The molecule has 3 aromatic rings. The molecule has 0 saturated heterocycles. The molecule has 10 heteroatoms. The van der Waals surface area contributed by atoms with Crippen LogP contribution in [-0.2, 0) is 10.5 Å². The number of halogens is 2. The number of rotatable bonds is 6. The van der Waals surface area contributed by atoms with Crippen LogP contribution in [0.25, 0.3) is 10.2 Å². The van der Waals surface area contributed by atoms with Crippen LogP contribution >= 0.6 is 23.1 Å². The Hall–Kier alpha value is -2.77. The molecule has 2 unspecified atom stereocenters. The highest BCUT2D eigenvalue weighted by molar-refractivity contribution is 7.99. The number of nitriles is 1. The highest BCUT2D eigenvalue weighted by Gasteiger charge is 2.22. The zero-order valence-electron chi connectivity index (χ0n) is 16.4. The number of hydrogen-bond donors (Lipinski definition) is 2. The normalized spacial score (nSPS) is 13.1. The first kappa shape index (κ1) is 21.9. The number of hydrogen-bond acceptors (Lipinski definition) is 6. The zero-order valence-corrected chi connectivity index (χ0v) is 18.0. The molecule has 3 rings (SSSR count). The number of thiophene rings is 1. The molecule has 0 aliphatic rings. The average molecular weight is 449 g/mol. The van der Waals surface area contributed by atoms with Crippen molar-refractivity contribution in [3.05, 3.63) is 62.0 Å². The molecule has 156 valence electrons. The van der Waals surface area contributed by atoms with Crippen molar-refractivity contribution in [3.8, 4) is 6.07 Å². The van der Waals surface area contributed by atoms with Crippen LogP contribution in [0.2, 0.25) is 0 Å². The first-order valence-electron chi connectivity index (χ1n) is 8.96. The van der Waals surface area contributed by atoms with Crippen LogP contribution in [0.4, 0.5) is 8.78 Å². The maximum atomic E-state index is 13.9. The Labute approximate surface area is 179 Å². The summed E-state index contributed by atoms with van der Waals surface area (Å²) in [6.45, 7) is 5.44. The SMILES string of the molecule is Cc1sc2nc(CSC(C)C(=O)NC(C#N)c3ccc(F)cc3F)[nH]c(=O)c2c1C. The summed E-state index contributed by atoms with van der Waals surface area (Å²) in [7, 11) is 0. The number of amides is 1. The van der Waals surface area contributed by atoms with Gasteiger partial charge >= 0.3 is 0 Å². The van der Waals surface area contributed by atoms with Gasteiger partial charge in [-0.15, -0.1) is 23.1 Å². The van der Waals surface area contributed by atoms with Gasteiger partial charge in [-0.25, -0.2) is 13.8 Å². The third kappa shape index (κ3) is 4.52. The average Bonchev–Trinajstić information content (AvgIpc) is 2.98. The van der Waals surface area contributed by atoms with Crippen molar-refractivity contribution in [3.63, 3.8) is 0 Å². The van der Waals surface area contributed by atoms with Crippen molar-refractivity contribution in [2.45, 2.75) is 37.8 Å². The third-order valence-electron chi connectivity index (χ3n) is 4.62.